The molecular formula is C21H23NO3. The molecule has 1 aliphatic carbocycles. The summed E-state index contributed by atoms with van der Waals surface area (Å²) in [5, 5.41) is 0. The number of ketones is 1. The quantitative estimate of drug-likeness (QED) is 0.675. The number of ether oxygens (including phenoxy) is 1. The molecule has 0 heterocycles. The lowest BCUT2D eigenvalue weighted by Crippen LogP contribution is -2.37. The molecule has 0 radical (unpaired) electrons. The van der Waals surface area contributed by atoms with Crippen molar-refractivity contribution >= 4 is 17.4 Å². The molecule has 0 bridgehead atoms. The lowest BCUT2D eigenvalue weighted by Gasteiger charge is -2.35. The van der Waals surface area contributed by atoms with Crippen molar-refractivity contribution in [1.29, 1.82) is 0 Å². The Hall–Kier alpha value is -2.62. The van der Waals surface area contributed by atoms with Crippen LogP contribution in [-0.2, 0) is 16.0 Å². The second kappa shape index (κ2) is 6.71. The maximum absolute atomic E-state index is 13.1. The van der Waals surface area contributed by atoms with E-state index in [0.717, 1.165) is 34.4 Å². The monoisotopic (exact) mass is 337 g/mol. The fourth-order valence-corrected chi connectivity index (χ4v) is 3.63. The van der Waals surface area contributed by atoms with E-state index in [9.17, 15) is 9.59 Å². The molecule has 4 nitrogen and oxygen atoms in total. The van der Waals surface area contributed by atoms with Crippen LogP contribution in [0.1, 0.15) is 42.1 Å². The Balaban J connectivity index is 1.94. The van der Waals surface area contributed by atoms with Gasteiger partial charge >= 0.3 is 5.97 Å². The van der Waals surface area contributed by atoms with Crippen LogP contribution in [0, 0.1) is 5.41 Å². The van der Waals surface area contributed by atoms with Gasteiger partial charge < -0.3 is 10.5 Å². The smallest absolute Gasteiger partial charge is 0.306 e. The first-order valence-corrected chi connectivity index (χ1v) is 8.59. The van der Waals surface area contributed by atoms with E-state index in [-0.39, 0.29) is 18.2 Å². The van der Waals surface area contributed by atoms with Crippen molar-refractivity contribution in [2.45, 2.75) is 32.6 Å². The van der Waals surface area contributed by atoms with Crippen molar-refractivity contribution in [1.82, 2.24) is 0 Å². The Labute approximate surface area is 148 Å². The fourth-order valence-electron chi connectivity index (χ4n) is 3.63. The third-order valence-electron chi connectivity index (χ3n) is 5.34. The molecular weight excluding hydrogens is 314 g/mol. The first-order chi connectivity index (χ1) is 12.0. The molecule has 2 aromatic rings. The topological polar surface area (TPSA) is 69.4 Å². The molecule has 2 N–H and O–H groups in total. The van der Waals surface area contributed by atoms with E-state index in [4.69, 9.17) is 10.5 Å². The number of rotatable bonds is 4. The van der Waals surface area contributed by atoms with Crippen molar-refractivity contribution in [2.75, 3.05) is 12.8 Å². The molecule has 0 fully saturated rings. The van der Waals surface area contributed by atoms with Crippen LogP contribution in [0.4, 0.5) is 5.69 Å². The van der Waals surface area contributed by atoms with Crippen LogP contribution in [0.15, 0.2) is 42.5 Å². The van der Waals surface area contributed by atoms with Crippen molar-refractivity contribution in [3.63, 3.8) is 0 Å². The Bertz CT molecular complexity index is 810. The SMILES string of the molecule is CCC1(CC(=O)OC)CCc2cc(-c3ccc(N)cc3)ccc2C1=O. The highest BCUT2D eigenvalue weighted by atomic mass is 16.5. The largest absolute Gasteiger partial charge is 0.469 e. The zero-order chi connectivity index (χ0) is 18.0. The van der Waals surface area contributed by atoms with Crippen LogP contribution in [0.3, 0.4) is 0 Å². The molecule has 1 atom stereocenters. The second-order valence-corrected chi connectivity index (χ2v) is 6.71. The predicted octanol–water partition coefficient (Wildman–Crippen LogP) is 4.02. The standard InChI is InChI=1S/C21H23NO3/c1-3-21(13-19(23)25-2)11-10-16-12-15(6-9-18(16)20(21)24)14-4-7-17(22)8-5-14/h4-9,12H,3,10-11,13,22H2,1-2H3. The molecule has 0 saturated heterocycles. The number of hydrogen-bond donors (Lipinski definition) is 1. The van der Waals surface area contributed by atoms with Gasteiger partial charge in [0.25, 0.3) is 0 Å². The van der Waals surface area contributed by atoms with Crippen molar-refractivity contribution in [2.24, 2.45) is 5.41 Å². The number of hydrogen-bond acceptors (Lipinski definition) is 4. The van der Waals surface area contributed by atoms with Gasteiger partial charge in [0, 0.05) is 16.7 Å². The molecule has 1 aliphatic rings. The number of aryl methyl sites for hydroxylation is 1. The summed E-state index contributed by atoms with van der Waals surface area (Å²) in [7, 11) is 1.37. The minimum absolute atomic E-state index is 0.0607. The number of carbonyl (C=O) groups excluding carboxylic acids is 2. The molecule has 2 aromatic carbocycles. The maximum atomic E-state index is 13.1. The molecule has 0 aromatic heterocycles. The third-order valence-corrected chi connectivity index (χ3v) is 5.34. The summed E-state index contributed by atoms with van der Waals surface area (Å²) in [6.07, 6.45) is 2.25. The van der Waals surface area contributed by atoms with Gasteiger partial charge in [-0.15, -0.1) is 0 Å². The normalized spacial score (nSPS) is 19.4. The molecule has 0 saturated carbocycles. The van der Waals surface area contributed by atoms with E-state index in [1.54, 1.807) is 0 Å². The molecule has 0 spiro atoms. The number of carbonyl (C=O) groups is 2. The third kappa shape index (κ3) is 3.16. The van der Waals surface area contributed by atoms with Crippen molar-refractivity contribution < 1.29 is 14.3 Å². The molecule has 0 amide bonds. The Morgan fingerprint density at radius 2 is 1.84 bits per heavy atom. The highest BCUT2D eigenvalue weighted by molar-refractivity contribution is 6.04. The summed E-state index contributed by atoms with van der Waals surface area (Å²) < 4.78 is 4.80. The first kappa shape index (κ1) is 17.2. The molecule has 3 rings (SSSR count). The van der Waals surface area contributed by atoms with Gasteiger partial charge in [0.15, 0.2) is 5.78 Å². The maximum Gasteiger partial charge on any atom is 0.306 e. The predicted molar refractivity (Wildman–Crippen MR) is 98.3 cm³/mol. The molecule has 1 unspecified atom stereocenters. The van der Waals surface area contributed by atoms with Gasteiger partial charge in [0.05, 0.1) is 13.5 Å². The van der Waals surface area contributed by atoms with Crippen LogP contribution in [0.25, 0.3) is 11.1 Å². The van der Waals surface area contributed by atoms with E-state index in [2.05, 4.69) is 6.07 Å². The summed E-state index contributed by atoms with van der Waals surface area (Å²) in [4.78, 5) is 24.9. The lowest BCUT2D eigenvalue weighted by molar-refractivity contribution is -0.143. The van der Waals surface area contributed by atoms with Crippen LogP contribution < -0.4 is 5.73 Å². The average molecular weight is 337 g/mol. The minimum Gasteiger partial charge on any atom is -0.469 e. The number of Topliss-reactive ketones (excluding diaryl/α,β-unsaturated/α-hetero) is 1. The minimum atomic E-state index is -0.636. The van der Waals surface area contributed by atoms with Gasteiger partial charge in [-0.1, -0.05) is 37.3 Å². The van der Waals surface area contributed by atoms with E-state index >= 15 is 0 Å². The number of nitrogen functional groups attached to an aromatic ring is 1. The van der Waals surface area contributed by atoms with Gasteiger partial charge in [-0.2, -0.15) is 0 Å². The summed E-state index contributed by atoms with van der Waals surface area (Å²) in [5.41, 5.74) is 9.77. The Morgan fingerprint density at radius 1 is 1.16 bits per heavy atom. The van der Waals surface area contributed by atoms with Crippen molar-refractivity contribution in [3.05, 3.63) is 53.6 Å². The number of anilines is 1. The number of nitrogens with two attached hydrogens (primary N) is 1. The van der Waals surface area contributed by atoms with Gasteiger partial charge in [0.1, 0.15) is 0 Å². The van der Waals surface area contributed by atoms with Crippen LogP contribution >= 0.6 is 0 Å². The van der Waals surface area contributed by atoms with Crippen LogP contribution in [-0.4, -0.2) is 18.9 Å². The van der Waals surface area contributed by atoms with Crippen LogP contribution in [0.2, 0.25) is 0 Å². The van der Waals surface area contributed by atoms with E-state index in [0.29, 0.717) is 12.8 Å². The first-order valence-electron chi connectivity index (χ1n) is 8.59. The number of benzene rings is 2. The van der Waals surface area contributed by atoms with Gasteiger partial charge in [-0.3, -0.25) is 9.59 Å². The molecule has 25 heavy (non-hydrogen) atoms. The summed E-state index contributed by atoms with van der Waals surface area (Å²) in [5.74, 6) is -0.261. The number of esters is 1. The van der Waals surface area contributed by atoms with E-state index in [1.165, 1.54) is 7.11 Å². The zero-order valence-electron chi connectivity index (χ0n) is 14.7. The number of methoxy groups -OCH3 is 1. The Kier molecular flexibility index (Phi) is 4.62. The Morgan fingerprint density at radius 3 is 2.48 bits per heavy atom. The highest BCUT2D eigenvalue weighted by Gasteiger charge is 2.42. The van der Waals surface area contributed by atoms with Gasteiger partial charge in [-0.25, -0.2) is 0 Å². The highest BCUT2D eigenvalue weighted by Crippen LogP contribution is 2.42. The van der Waals surface area contributed by atoms with Crippen LogP contribution in [0.5, 0.6) is 0 Å². The summed E-state index contributed by atoms with van der Waals surface area (Å²) in [6, 6.07) is 13.6. The summed E-state index contributed by atoms with van der Waals surface area (Å²) in [6.45, 7) is 1.97. The lowest BCUT2D eigenvalue weighted by atomic mass is 9.67. The number of fused-ring (bicyclic) bond motifs is 1. The molecule has 4 heteroatoms. The zero-order valence-corrected chi connectivity index (χ0v) is 14.7. The second-order valence-electron chi connectivity index (χ2n) is 6.71. The van der Waals surface area contributed by atoms with Gasteiger partial charge in [0.2, 0.25) is 0 Å². The molecule has 0 aliphatic heterocycles. The van der Waals surface area contributed by atoms with E-state index in [1.807, 2.05) is 43.3 Å². The van der Waals surface area contributed by atoms with E-state index < -0.39 is 5.41 Å². The van der Waals surface area contributed by atoms with Crippen molar-refractivity contribution in [3.8, 4) is 11.1 Å². The fraction of sp³-hybridized carbons (Fsp3) is 0.333. The molecule has 130 valence electrons. The van der Waals surface area contributed by atoms with Gasteiger partial charge in [-0.05, 0) is 48.1 Å². The summed E-state index contributed by atoms with van der Waals surface area (Å²) >= 11 is 0. The average Bonchev–Trinajstić information content (AvgIpc) is 2.64.